The highest BCUT2D eigenvalue weighted by molar-refractivity contribution is 4.28. The molecule has 0 aliphatic carbocycles. The third kappa shape index (κ3) is 3.92. The Morgan fingerprint density at radius 1 is 1.60 bits per heavy atom. The Morgan fingerprint density at radius 2 is 2.20 bits per heavy atom. The summed E-state index contributed by atoms with van der Waals surface area (Å²) in [6.45, 7) is 0.500. The molecular formula is C3H8NO. The first-order valence-corrected chi connectivity index (χ1v) is 1.70. The molecule has 2 nitrogen and oxygen atoms in total. The lowest BCUT2D eigenvalue weighted by atomic mass is 10.5. The number of rotatable bonds is 2. The van der Waals surface area contributed by atoms with Crippen LogP contribution in [0, 0.1) is 0 Å². The van der Waals surface area contributed by atoms with Crippen LogP contribution in [-0.2, 0) is 5.11 Å². The molecule has 1 radical (unpaired) electrons. The van der Waals surface area contributed by atoms with E-state index in [0.717, 1.165) is 0 Å². The van der Waals surface area contributed by atoms with Gasteiger partial charge < -0.3 is 5.73 Å². The van der Waals surface area contributed by atoms with Gasteiger partial charge in [-0.3, -0.25) is 0 Å². The van der Waals surface area contributed by atoms with Crippen LogP contribution >= 0.6 is 0 Å². The Balaban J connectivity index is 2.19. The van der Waals surface area contributed by atoms with Gasteiger partial charge in [-0.1, -0.05) is 0 Å². The van der Waals surface area contributed by atoms with Crippen molar-refractivity contribution in [3.05, 3.63) is 0 Å². The van der Waals surface area contributed by atoms with Gasteiger partial charge in [0, 0.05) is 0 Å². The molecule has 5 heavy (non-hydrogen) atoms. The molecule has 0 spiro atoms. The zero-order valence-corrected chi connectivity index (χ0v) is 3.11. The van der Waals surface area contributed by atoms with Crippen molar-refractivity contribution < 1.29 is 5.11 Å². The molecule has 0 atom stereocenters. The molecule has 0 saturated heterocycles. The first-order valence-electron chi connectivity index (χ1n) is 1.70. The van der Waals surface area contributed by atoms with Crippen LogP contribution in [0.1, 0.15) is 6.42 Å². The van der Waals surface area contributed by atoms with Crippen molar-refractivity contribution in [2.75, 3.05) is 13.2 Å². The lowest BCUT2D eigenvalue weighted by Gasteiger charge is -1.77. The molecule has 31 valence electrons. The van der Waals surface area contributed by atoms with Gasteiger partial charge in [0.25, 0.3) is 0 Å². The van der Waals surface area contributed by atoms with Gasteiger partial charge in [-0.25, -0.2) is 5.11 Å². The lowest BCUT2D eigenvalue weighted by molar-refractivity contribution is 0.191. The molecule has 0 rings (SSSR count). The van der Waals surface area contributed by atoms with Crippen LogP contribution in [0.2, 0.25) is 0 Å². The Hall–Kier alpha value is -0.0800. The largest absolute Gasteiger partial charge is 0.330 e. The maximum Gasteiger partial charge on any atom is 0.0834 e. The summed E-state index contributed by atoms with van der Waals surface area (Å²) in [5, 5.41) is 9.45. The van der Waals surface area contributed by atoms with Crippen LogP contribution in [-0.4, -0.2) is 13.2 Å². The first-order chi connectivity index (χ1) is 2.41. The summed E-state index contributed by atoms with van der Waals surface area (Å²) in [4.78, 5) is 0. The van der Waals surface area contributed by atoms with Crippen LogP contribution in [0.3, 0.4) is 0 Å². The molecule has 0 fully saturated rings. The molecule has 0 unspecified atom stereocenters. The van der Waals surface area contributed by atoms with Crippen LogP contribution < -0.4 is 5.73 Å². The van der Waals surface area contributed by atoms with Gasteiger partial charge in [-0.2, -0.15) is 0 Å². The van der Waals surface area contributed by atoms with Gasteiger partial charge in [-0.15, -0.1) is 0 Å². The molecule has 0 aromatic carbocycles. The second-order valence-electron chi connectivity index (χ2n) is 0.846. The molecule has 0 aromatic heterocycles. The summed E-state index contributed by atoms with van der Waals surface area (Å²) in [5.74, 6) is 0. The fraction of sp³-hybridized carbons (Fsp3) is 1.00. The van der Waals surface area contributed by atoms with E-state index in [9.17, 15) is 5.11 Å². The summed E-state index contributed by atoms with van der Waals surface area (Å²) >= 11 is 0. The second kappa shape index (κ2) is 3.92. The molecule has 0 amide bonds. The van der Waals surface area contributed by atoms with Gasteiger partial charge in [0.2, 0.25) is 0 Å². The zero-order chi connectivity index (χ0) is 4.12. The smallest absolute Gasteiger partial charge is 0.0834 e. The van der Waals surface area contributed by atoms with Gasteiger partial charge in [0.15, 0.2) is 0 Å². The number of hydrogen-bond acceptors (Lipinski definition) is 1. The second-order valence-corrected chi connectivity index (χ2v) is 0.846. The molecule has 2 N–H and O–H groups in total. The monoisotopic (exact) mass is 74.1 g/mol. The van der Waals surface area contributed by atoms with E-state index in [4.69, 9.17) is 5.73 Å². The van der Waals surface area contributed by atoms with Crippen molar-refractivity contribution in [1.29, 1.82) is 0 Å². The minimum atomic E-state index is -0.0312. The molecule has 0 saturated carbocycles. The van der Waals surface area contributed by atoms with Gasteiger partial charge in [0.1, 0.15) is 0 Å². The van der Waals surface area contributed by atoms with E-state index in [1.54, 1.807) is 0 Å². The normalized spacial score (nSPS) is 8.40. The van der Waals surface area contributed by atoms with E-state index in [0.29, 0.717) is 13.0 Å². The molecule has 0 bridgehead atoms. The molecule has 0 aromatic rings. The number of hydrogen-bond donors (Lipinski definition) is 1. The Bertz CT molecular complexity index is 14.4. The predicted octanol–water partition coefficient (Wildman–Crippen LogP) is -0.234. The zero-order valence-electron chi connectivity index (χ0n) is 3.11. The summed E-state index contributed by atoms with van der Waals surface area (Å²) < 4.78 is 0. The first kappa shape index (κ1) is 4.92. The van der Waals surface area contributed by atoms with E-state index in [1.165, 1.54) is 0 Å². The average Bonchev–Trinajstić information content (AvgIpc) is 1.41. The highest BCUT2D eigenvalue weighted by Crippen LogP contribution is 1.63. The van der Waals surface area contributed by atoms with E-state index >= 15 is 0 Å². The molecule has 0 heterocycles. The van der Waals surface area contributed by atoms with Crippen molar-refractivity contribution in [2.24, 2.45) is 5.73 Å². The highest BCUT2D eigenvalue weighted by Gasteiger charge is 1.71. The maximum atomic E-state index is 9.45. The summed E-state index contributed by atoms with van der Waals surface area (Å²) in [6, 6.07) is 0. The van der Waals surface area contributed by atoms with Gasteiger partial charge in [-0.05, 0) is 13.0 Å². The topological polar surface area (TPSA) is 45.9 Å². The highest BCUT2D eigenvalue weighted by atomic mass is 16.2. The van der Waals surface area contributed by atoms with E-state index in [2.05, 4.69) is 0 Å². The predicted molar refractivity (Wildman–Crippen MR) is 19.2 cm³/mol. The third-order valence-corrected chi connectivity index (χ3v) is 0.348. The fourth-order valence-corrected chi connectivity index (χ4v) is 0.0833. The maximum absolute atomic E-state index is 9.45. The van der Waals surface area contributed by atoms with Crippen molar-refractivity contribution >= 4 is 0 Å². The van der Waals surface area contributed by atoms with Crippen molar-refractivity contribution in [1.82, 2.24) is 0 Å². The number of nitrogens with two attached hydrogens (primary N) is 1. The van der Waals surface area contributed by atoms with Gasteiger partial charge >= 0.3 is 0 Å². The molecule has 0 aliphatic heterocycles. The standard InChI is InChI=1S/C3H8NO/c4-2-1-3-5/h1-4H2. The SMILES string of the molecule is NCCC[O]. The van der Waals surface area contributed by atoms with Crippen LogP contribution in [0.5, 0.6) is 0 Å². The molecule has 2 heteroatoms. The summed E-state index contributed by atoms with van der Waals surface area (Å²) in [6.07, 6.45) is 0.611. The van der Waals surface area contributed by atoms with E-state index in [-0.39, 0.29) is 6.61 Å². The Labute approximate surface area is 31.6 Å². The van der Waals surface area contributed by atoms with Crippen LogP contribution in [0.25, 0.3) is 0 Å². The van der Waals surface area contributed by atoms with Crippen LogP contribution in [0.4, 0.5) is 0 Å². The van der Waals surface area contributed by atoms with E-state index in [1.807, 2.05) is 0 Å². The van der Waals surface area contributed by atoms with E-state index < -0.39 is 0 Å². The third-order valence-electron chi connectivity index (χ3n) is 0.348. The Kier molecular flexibility index (Phi) is 3.86. The summed E-state index contributed by atoms with van der Waals surface area (Å²) in [7, 11) is 0. The van der Waals surface area contributed by atoms with Gasteiger partial charge in [0.05, 0.1) is 6.61 Å². The van der Waals surface area contributed by atoms with Crippen molar-refractivity contribution in [2.45, 2.75) is 6.42 Å². The lowest BCUT2D eigenvalue weighted by Crippen LogP contribution is -1.99. The Morgan fingerprint density at radius 3 is 2.20 bits per heavy atom. The summed E-state index contributed by atoms with van der Waals surface area (Å²) in [5.41, 5.74) is 4.94. The average molecular weight is 74.1 g/mol. The minimum Gasteiger partial charge on any atom is -0.330 e. The van der Waals surface area contributed by atoms with Crippen molar-refractivity contribution in [3.63, 3.8) is 0 Å². The van der Waals surface area contributed by atoms with Crippen LogP contribution in [0.15, 0.2) is 0 Å². The molecular weight excluding hydrogens is 66.0 g/mol. The minimum absolute atomic E-state index is 0.0312. The fourth-order valence-electron chi connectivity index (χ4n) is 0.0833. The van der Waals surface area contributed by atoms with Crippen molar-refractivity contribution in [3.8, 4) is 0 Å². The quantitative estimate of drug-likeness (QED) is 0.483. The molecule has 0 aliphatic rings.